The van der Waals surface area contributed by atoms with Crippen LogP contribution in [0.4, 0.5) is 24.0 Å². The molecule has 0 bridgehead atoms. The standard InChI is InChI=1S/C21H15F3N4OS/c22-21(23,24)15-5-1-3-13(9-15)11-26-19(29)18-12-30-20(28-18)27-16-6-7-17-14(10-16)4-2-8-25-17/h1-10,12H,11H2,(H,26,29)(H,27,28). The van der Waals surface area contributed by atoms with Crippen molar-refractivity contribution in [2.45, 2.75) is 12.7 Å². The predicted octanol–water partition coefficient (Wildman–Crippen LogP) is 5.38. The normalized spacial score (nSPS) is 11.4. The van der Waals surface area contributed by atoms with E-state index >= 15 is 0 Å². The molecule has 0 aliphatic carbocycles. The molecule has 2 N–H and O–H groups in total. The van der Waals surface area contributed by atoms with E-state index in [1.807, 2.05) is 30.3 Å². The van der Waals surface area contributed by atoms with Crippen molar-refractivity contribution in [3.8, 4) is 0 Å². The quantitative estimate of drug-likeness (QED) is 0.448. The summed E-state index contributed by atoms with van der Waals surface area (Å²) in [7, 11) is 0. The van der Waals surface area contributed by atoms with E-state index in [1.165, 1.54) is 23.5 Å². The van der Waals surface area contributed by atoms with E-state index in [2.05, 4.69) is 20.6 Å². The van der Waals surface area contributed by atoms with Crippen LogP contribution in [0.5, 0.6) is 0 Å². The molecule has 0 aliphatic rings. The minimum atomic E-state index is -4.42. The maximum atomic E-state index is 12.8. The fraction of sp³-hybridized carbons (Fsp3) is 0.0952. The summed E-state index contributed by atoms with van der Waals surface area (Å²) in [4.78, 5) is 20.8. The van der Waals surface area contributed by atoms with Gasteiger partial charge in [-0.3, -0.25) is 9.78 Å². The number of fused-ring (bicyclic) bond motifs is 1. The summed E-state index contributed by atoms with van der Waals surface area (Å²) in [6.07, 6.45) is -2.70. The van der Waals surface area contributed by atoms with Gasteiger partial charge in [0.05, 0.1) is 11.1 Å². The number of nitrogens with zero attached hydrogens (tertiary/aromatic N) is 2. The average molecular weight is 428 g/mol. The lowest BCUT2D eigenvalue weighted by molar-refractivity contribution is -0.137. The number of rotatable bonds is 5. The second kappa shape index (κ2) is 8.11. The summed E-state index contributed by atoms with van der Waals surface area (Å²) in [5, 5.41) is 8.83. The van der Waals surface area contributed by atoms with E-state index < -0.39 is 17.6 Å². The molecule has 30 heavy (non-hydrogen) atoms. The van der Waals surface area contributed by atoms with Crippen LogP contribution in [0, 0.1) is 0 Å². The Balaban J connectivity index is 1.40. The molecule has 4 aromatic rings. The fourth-order valence-electron chi connectivity index (χ4n) is 2.84. The number of nitrogens with one attached hydrogen (secondary N) is 2. The summed E-state index contributed by atoms with van der Waals surface area (Å²) in [6, 6.07) is 14.3. The monoisotopic (exact) mass is 428 g/mol. The summed E-state index contributed by atoms with van der Waals surface area (Å²) in [5.41, 5.74) is 1.48. The maximum absolute atomic E-state index is 12.8. The van der Waals surface area contributed by atoms with E-state index in [1.54, 1.807) is 11.6 Å². The van der Waals surface area contributed by atoms with Crippen molar-refractivity contribution in [1.82, 2.24) is 15.3 Å². The Labute approximate surface area is 173 Å². The third-order valence-corrected chi connectivity index (χ3v) is 5.06. The average Bonchev–Trinajstić information content (AvgIpc) is 3.20. The third kappa shape index (κ3) is 4.57. The van der Waals surface area contributed by atoms with Crippen LogP contribution in [0.15, 0.2) is 66.2 Å². The van der Waals surface area contributed by atoms with Crippen LogP contribution in [-0.4, -0.2) is 15.9 Å². The summed E-state index contributed by atoms with van der Waals surface area (Å²) in [5.74, 6) is -0.459. The van der Waals surface area contributed by atoms with Crippen LogP contribution in [0.3, 0.4) is 0 Å². The molecule has 2 aromatic carbocycles. The molecule has 0 radical (unpaired) electrons. The molecule has 1 amide bonds. The largest absolute Gasteiger partial charge is 0.416 e. The van der Waals surface area contributed by atoms with Gasteiger partial charge < -0.3 is 10.6 Å². The molecular formula is C21H15F3N4OS. The minimum Gasteiger partial charge on any atom is -0.347 e. The van der Waals surface area contributed by atoms with E-state index in [-0.39, 0.29) is 12.2 Å². The molecule has 0 saturated carbocycles. The highest BCUT2D eigenvalue weighted by molar-refractivity contribution is 7.14. The first kappa shape index (κ1) is 19.8. The van der Waals surface area contributed by atoms with E-state index in [0.717, 1.165) is 28.7 Å². The third-order valence-electron chi connectivity index (χ3n) is 4.30. The van der Waals surface area contributed by atoms with Gasteiger partial charge in [-0.25, -0.2) is 4.98 Å². The molecule has 0 aliphatic heterocycles. The topological polar surface area (TPSA) is 66.9 Å². The van der Waals surface area contributed by atoms with Gasteiger partial charge in [0.1, 0.15) is 5.69 Å². The predicted molar refractivity (Wildman–Crippen MR) is 110 cm³/mol. The van der Waals surface area contributed by atoms with Gasteiger partial charge in [0.15, 0.2) is 5.13 Å². The highest BCUT2D eigenvalue weighted by Gasteiger charge is 2.30. The molecule has 0 saturated heterocycles. The second-order valence-corrected chi connectivity index (χ2v) is 7.31. The molecular weight excluding hydrogens is 413 g/mol. The van der Waals surface area contributed by atoms with E-state index in [4.69, 9.17) is 0 Å². The van der Waals surface area contributed by atoms with Crippen molar-refractivity contribution in [2.75, 3.05) is 5.32 Å². The maximum Gasteiger partial charge on any atom is 0.416 e. The number of benzene rings is 2. The Morgan fingerprint density at radius 3 is 2.77 bits per heavy atom. The van der Waals surface area contributed by atoms with Gasteiger partial charge in [0.2, 0.25) is 0 Å². The van der Waals surface area contributed by atoms with E-state index in [0.29, 0.717) is 10.7 Å². The van der Waals surface area contributed by atoms with Gasteiger partial charge in [0.25, 0.3) is 5.91 Å². The lowest BCUT2D eigenvalue weighted by atomic mass is 10.1. The molecule has 0 fully saturated rings. The van der Waals surface area contributed by atoms with Gasteiger partial charge in [-0.1, -0.05) is 18.2 Å². The molecule has 5 nitrogen and oxygen atoms in total. The Bertz CT molecular complexity index is 1210. The number of hydrogen-bond acceptors (Lipinski definition) is 5. The molecule has 0 unspecified atom stereocenters. The van der Waals surface area contributed by atoms with Gasteiger partial charge >= 0.3 is 6.18 Å². The first-order chi connectivity index (χ1) is 14.4. The van der Waals surface area contributed by atoms with Crippen LogP contribution < -0.4 is 10.6 Å². The highest BCUT2D eigenvalue weighted by atomic mass is 32.1. The Morgan fingerprint density at radius 2 is 1.93 bits per heavy atom. The molecule has 0 atom stereocenters. The summed E-state index contributed by atoms with van der Waals surface area (Å²) in [6.45, 7) is -0.0271. The lowest BCUT2D eigenvalue weighted by Gasteiger charge is -2.09. The number of thiazole rings is 1. The zero-order valence-corrected chi connectivity index (χ0v) is 16.2. The highest BCUT2D eigenvalue weighted by Crippen LogP contribution is 2.29. The first-order valence-corrected chi connectivity index (χ1v) is 9.78. The number of hydrogen-bond donors (Lipinski definition) is 2. The van der Waals surface area contributed by atoms with Crippen LogP contribution in [-0.2, 0) is 12.7 Å². The minimum absolute atomic E-state index is 0.0271. The van der Waals surface area contributed by atoms with Crippen molar-refractivity contribution in [1.29, 1.82) is 0 Å². The van der Waals surface area contributed by atoms with Crippen LogP contribution in [0.25, 0.3) is 10.9 Å². The first-order valence-electron chi connectivity index (χ1n) is 8.90. The number of aromatic nitrogens is 2. The summed E-state index contributed by atoms with van der Waals surface area (Å²) >= 11 is 1.26. The van der Waals surface area contributed by atoms with Crippen molar-refractivity contribution in [3.05, 3.63) is 83.0 Å². The molecule has 152 valence electrons. The Morgan fingerprint density at radius 1 is 1.07 bits per heavy atom. The molecule has 2 aromatic heterocycles. The van der Waals surface area contributed by atoms with Gasteiger partial charge in [-0.05, 0) is 42.0 Å². The second-order valence-electron chi connectivity index (χ2n) is 6.45. The molecule has 9 heteroatoms. The lowest BCUT2D eigenvalue weighted by Crippen LogP contribution is -2.23. The number of carbonyl (C=O) groups is 1. The number of halogens is 3. The Kier molecular flexibility index (Phi) is 5.37. The van der Waals surface area contributed by atoms with Crippen molar-refractivity contribution < 1.29 is 18.0 Å². The van der Waals surface area contributed by atoms with Crippen LogP contribution >= 0.6 is 11.3 Å². The number of amides is 1. The smallest absolute Gasteiger partial charge is 0.347 e. The zero-order chi connectivity index (χ0) is 21.1. The number of alkyl halides is 3. The van der Waals surface area contributed by atoms with Gasteiger partial charge in [-0.15, -0.1) is 11.3 Å². The van der Waals surface area contributed by atoms with E-state index in [9.17, 15) is 18.0 Å². The Hall–Kier alpha value is -3.46. The zero-order valence-electron chi connectivity index (χ0n) is 15.4. The fourth-order valence-corrected chi connectivity index (χ4v) is 3.55. The van der Waals surface area contributed by atoms with Gasteiger partial charge in [0, 0.05) is 29.2 Å². The van der Waals surface area contributed by atoms with Crippen LogP contribution in [0.1, 0.15) is 21.6 Å². The van der Waals surface area contributed by atoms with Crippen molar-refractivity contribution >= 4 is 39.0 Å². The SMILES string of the molecule is O=C(NCc1cccc(C(F)(F)F)c1)c1csc(Nc2ccc3ncccc3c2)n1. The molecule has 4 rings (SSSR count). The number of anilines is 2. The number of pyridine rings is 1. The van der Waals surface area contributed by atoms with Gasteiger partial charge in [-0.2, -0.15) is 13.2 Å². The molecule has 2 heterocycles. The summed E-state index contributed by atoms with van der Waals surface area (Å²) < 4.78 is 38.4. The van der Waals surface area contributed by atoms with Crippen molar-refractivity contribution in [2.24, 2.45) is 0 Å². The van der Waals surface area contributed by atoms with Crippen molar-refractivity contribution in [3.63, 3.8) is 0 Å². The van der Waals surface area contributed by atoms with Crippen LogP contribution in [0.2, 0.25) is 0 Å². The molecule has 0 spiro atoms. The number of carbonyl (C=O) groups excluding carboxylic acids is 1.